The Kier molecular flexibility index (Phi) is 4.04. The van der Waals surface area contributed by atoms with Crippen LogP contribution in [0.4, 0.5) is 0 Å². The molecule has 1 amide bonds. The van der Waals surface area contributed by atoms with Gasteiger partial charge in [0.1, 0.15) is 10.7 Å². The topological polar surface area (TPSA) is 97.8 Å². The van der Waals surface area contributed by atoms with Gasteiger partial charge in [-0.15, -0.1) is 11.3 Å². The van der Waals surface area contributed by atoms with E-state index in [0.717, 1.165) is 12.0 Å². The van der Waals surface area contributed by atoms with Crippen LogP contribution in [-0.4, -0.2) is 34.8 Å². The average Bonchev–Trinajstić information content (AvgIpc) is 3.33. The summed E-state index contributed by atoms with van der Waals surface area (Å²) in [7, 11) is 0. The molecular formula is C17H16N2O5S. The first kappa shape index (κ1) is 15.9. The van der Waals surface area contributed by atoms with Crippen molar-refractivity contribution in [1.82, 2.24) is 10.3 Å². The van der Waals surface area contributed by atoms with Crippen LogP contribution >= 0.6 is 11.3 Å². The van der Waals surface area contributed by atoms with Crippen molar-refractivity contribution in [3.63, 3.8) is 0 Å². The van der Waals surface area contributed by atoms with Gasteiger partial charge in [-0.05, 0) is 31.0 Å². The molecule has 25 heavy (non-hydrogen) atoms. The van der Waals surface area contributed by atoms with E-state index in [1.165, 1.54) is 11.3 Å². The van der Waals surface area contributed by atoms with Crippen LogP contribution in [-0.2, 0) is 4.79 Å². The summed E-state index contributed by atoms with van der Waals surface area (Å²) in [4.78, 5) is 28.0. The Hall–Kier alpha value is -2.61. The van der Waals surface area contributed by atoms with Gasteiger partial charge >= 0.3 is 5.97 Å². The second-order valence-electron chi connectivity index (χ2n) is 6.06. The average molecular weight is 360 g/mol. The number of thiazole rings is 1. The van der Waals surface area contributed by atoms with Crippen LogP contribution in [0.2, 0.25) is 0 Å². The number of nitrogens with one attached hydrogen (secondary N) is 1. The second kappa shape index (κ2) is 6.36. The van der Waals surface area contributed by atoms with E-state index in [4.69, 9.17) is 9.47 Å². The Morgan fingerprint density at radius 2 is 2.08 bits per heavy atom. The summed E-state index contributed by atoms with van der Waals surface area (Å²) in [5.41, 5.74) is 1.14. The van der Waals surface area contributed by atoms with E-state index in [9.17, 15) is 14.7 Å². The highest BCUT2D eigenvalue weighted by atomic mass is 32.1. The maximum atomic E-state index is 12.4. The van der Waals surface area contributed by atoms with Crippen LogP contribution in [0.1, 0.15) is 29.8 Å². The molecule has 2 heterocycles. The molecule has 1 aliphatic heterocycles. The fraction of sp³-hybridized carbons (Fsp3) is 0.353. The monoisotopic (exact) mass is 360 g/mol. The predicted octanol–water partition coefficient (Wildman–Crippen LogP) is 2.52. The molecule has 1 aliphatic carbocycles. The van der Waals surface area contributed by atoms with Gasteiger partial charge in [-0.25, -0.2) is 4.98 Å². The number of nitrogens with zero attached hydrogens (tertiary/aromatic N) is 1. The van der Waals surface area contributed by atoms with Crippen molar-refractivity contribution in [2.75, 3.05) is 6.79 Å². The molecule has 1 aromatic carbocycles. The maximum absolute atomic E-state index is 12.4. The zero-order chi connectivity index (χ0) is 17.4. The molecule has 2 aromatic rings. The normalized spacial score (nSPS) is 21.3. The molecule has 0 bridgehead atoms. The fourth-order valence-corrected chi connectivity index (χ4v) is 4.01. The first-order valence-corrected chi connectivity index (χ1v) is 8.89. The number of carbonyl (C=O) groups excluding carboxylic acids is 1. The van der Waals surface area contributed by atoms with Gasteiger partial charge in [-0.2, -0.15) is 0 Å². The zero-order valence-electron chi connectivity index (χ0n) is 13.2. The third-order valence-corrected chi connectivity index (χ3v) is 5.40. The molecule has 0 saturated heterocycles. The number of aliphatic carboxylic acids is 1. The predicted molar refractivity (Wildman–Crippen MR) is 89.9 cm³/mol. The lowest BCUT2D eigenvalue weighted by molar-refractivity contribution is -0.142. The molecule has 0 spiro atoms. The lowest BCUT2D eigenvalue weighted by atomic mass is 10.0. The highest BCUT2D eigenvalue weighted by Crippen LogP contribution is 2.36. The number of benzene rings is 1. The summed E-state index contributed by atoms with van der Waals surface area (Å²) < 4.78 is 10.6. The Bertz CT molecular complexity index is 834. The van der Waals surface area contributed by atoms with Gasteiger partial charge in [0, 0.05) is 17.0 Å². The smallest absolute Gasteiger partial charge is 0.308 e. The number of aromatic nitrogens is 1. The van der Waals surface area contributed by atoms with Gasteiger partial charge in [-0.1, -0.05) is 6.42 Å². The Labute approximate surface area is 147 Å². The molecule has 4 rings (SSSR count). The molecule has 0 radical (unpaired) electrons. The van der Waals surface area contributed by atoms with E-state index in [0.29, 0.717) is 35.0 Å². The minimum absolute atomic E-state index is 0.205. The zero-order valence-corrected chi connectivity index (χ0v) is 14.0. The highest BCUT2D eigenvalue weighted by molar-refractivity contribution is 7.13. The third-order valence-electron chi connectivity index (χ3n) is 4.51. The van der Waals surface area contributed by atoms with Crippen molar-refractivity contribution in [3.8, 4) is 22.1 Å². The molecule has 2 N–H and O–H groups in total. The van der Waals surface area contributed by atoms with Crippen LogP contribution in [0.3, 0.4) is 0 Å². The quantitative estimate of drug-likeness (QED) is 0.869. The number of ether oxygens (including phenoxy) is 2. The summed E-state index contributed by atoms with van der Waals surface area (Å²) >= 11 is 1.36. The first-order valence-electron chi connectivity index (χ1n) is 8.01. The number of rotatable bonds is 4. The van der Waals surface area contributed by atoms with Crippen molar-refractivity contribution in [3.05, 3.63) is 29.3 Å². The molecule has 1 fully saturated rings. The molecule has 1 saturated carbocycles. The van der Waals surface area contributed by atoms with Crippen LogP contribution in [0.5, 0.6) is 11.5 Å². The van der Waals surface area contributed by atoms with Crippen LogP contribution in [0.25, 0.3) is 10.6 Å². The summed E-state index contributed by atoms with van der Waals surface area (Å²) in [5.74, 6) is -0.354. The Morgan fingerprint density at radius 3 is 2.92 bits per heavy atom. The van der Waals surface area contributed by atoms with Crippen LogP contribution in [0, 0.1) is 5.92 Å². The van der Waals surface area contributed by atoms with Crippen molar-refractivity contribution in [2.45, 2.75) is 25.3 Å². The standard InChI is InChI=1S/C17H16N2O5S/c20-15(18-11-3-1-2-10(11)17(21)22)12-7-25-16(19-12)9-4-5-13-14(6-9)24-8-23-13/h4-7,10-11H,1-3,8H2,(H,18,20)(H,21,22)/t10-,11+/m1/s1. The minimum Gasteiger partial charge on any atom is -0.481 e. The largest absolute Gasteiger partial charge is 0.481 e. The molecule has 130 valence electrons. The maximum Gasteiger partial charge on any atom is 0.308 e. The van der Waals surface area contributed by atoms with Gasteiger partial charge in [0.05, 0.1) is 5.92 Å². The number of amides is 1. The van der Waals surface area contributed by atoms with Crippen molar-refractivity contribution in [1.29, 1.82) is 0 Å². The Morgan fingerprint density at radius 1 is 1.24 bits per heavy atom. The number of fused-ring (bicyclic) bond motifs is 1. The second-order valence-corrected chi connectivity index (χ2v) is 6.92. The van der Waals surface area contributed by atoms with Crippen LogP contribution in [0.15, 0.2) is 23.6 Å². The van der Waals surface area contributed by atoms with E-state index in [1.54, 1.807) is 5.38 Å². The van der Waals surface area contributed by atoms with Gasteiger partial charge in [0.2, 0.25) is 6.79 Å². The number of hydrogen-bond acceptors (Lipinski definition) is 6. The van der Waals surface area contributed by atoms with Crippen molar-refractivity contribution >= 4 is 23.2 Å². The van der Waals surface area contributed by atoms with Gasteiger partial charge in [0.25, 0.3) is 5.91 Å². The number of carboxylic acid groups (broad SMARTS) is 1. The minimum atomic E-state index is -0.859. The third kappa shape index (κ3) is 3.05. The van der Waals surface area contributed by atoms with Gasteiger partial charge < -0.3 is 19.9 Å². The SMILES string of the molecule is O=C(N[C@H]1CCC[C@H]1C(=O)O)c1csc(-c2ccc3c(c2)OCO3)n1. The van der Waals surface area contributed by atoms with E-state index in [2.05, 4.69) is 10.3 Å². The summed E-state index contributed by atoms with van der Waals surface area (Å²) in [6.07, 6.45) is 2.09. The lowest BCUT2D eigenvalue weighted by Gasteiger charge is -2.16. The molecule has 0 unspecified atom stereocenters. The van der Waals surface area contributed by atoms with E-state index >= 15 is 0 Å². The number of carboxylic acids is 1. The molecule has 7 nitrogen and oxygen atoms in total. The number of hydrogen-bond donors (Lipinski definition) is 2. The van der Waals surface area contributed by atoms with E-state index in [1.807, 2.05) is 18.2 Å². The Balaban J connectivity index is 1.49. The number of carbonyl (C=O) groups is 2. The van der Waals surface area contributed by atoms with E-state index < -0.39 is 11.9 Å². The van der Waals surface area contributed by atoms with Crippen molar-refractivity contribution in [2.24, 2.45) is 5.92 Å². The molecule has 2 atom stereocenters. The van der Waals surface area contributed by atoms with Crippen molar-refractivity contribution < 1.29 is 24.2 Å². The van der Waals surface area contributed by atoms with Gasteiger partial charge in [0.15, 0.2) is 11.5 Å². The first-order chi connectivity index (χ1) is 12.1. The molecule has 1 aromatic heterocycles. The molecule has 8 heteroatoms. The van der Waals surface area contributed by atoms with E-state index in [-0.39, 0.29) is 18.7 Å². The van der Waals surface area contributed by atoms with Crippen LogP contribution < -0.4 is 14.8 Å². The van der Waals surface area contributed by atoms with Gasteiger partial charge in [-0.3, -0.25) is 9.59 Å². The summed E-state index contributed by atoms with van der Waals surface area (Å²) in [6, 6.07) is 5.18. The molecule has 2 aliphatic rings. The fourth-order valence-electron chi connectivity index (χ4n) is 3.21. The summed E-state index contributed by atoms with van der Waals surface area (Å²) in [6.45, 7) is 0.205. The summed E-state index contributed by atoms with van der Waals surface area (Å²) in [5, 5.41) is 14.4. The molecular weight excluding hydrogens is 344 g/mol. The highest BCUT2D eigenvalue weighted by Gasteiger charge is 2.34. The lowest BCUT2D eigenvalue weighted by Crippen LogP contribution is -2.40.